The average Bonchev–Trinajstić information content (AvgIpc) is 2.59. The van der Waals surface area contributed by atoms with Crippen molar-refractivity contribution >= 4 is 10.0 Å². The normalized spacial score (nSPS) is 26.5. The largest absolute Gasteiger partial charge is 0.314 e. The zero-order valence-electron chi connectivity index (χ0n) is 9.82. The summed E-state index contributed by atoms with van der Waals surface area (Å²) in [6.45, 7) is 2.90. The van der Waals surface area contributed by atoms with E-state index in [2.05, 4.69) is 5.32 Å². The number of nitrogens with one attached hydrogen (secondary N) is 1. The minimum Gasteiger partial charge on any atom is -0.314 e. The van der Waals surface area contributed by atoms with Crippen molar-refractivity contribution in [3.8, 4) is 0 Å². The van der Waals surface area contributed by atoms with Crippen molar-refractivity contribution in [1.82, 2.24) is 9.62 Å². The summed E-state index contributed by atoms with van der Waals surface area (Å²) in [5.41, 5.74) is 0. The van der Waals surface area contributed by atoms with Gasteiger partial charge < -0.3 is 5.32 Å². The van der Waals surface area contributed by atoms with Crippen LogP contribution in [-0.4, -0.2) is 44.2 Å². The molecular weight excluding hydrogens is 224 g/mol. The molecule has 1 saturated heterocycles. The lowest BCUT2D eigenvalue weighted by molar-refractivity contribution is 0.353. The van der Waals surface area contributed by atoms with Gasteiger partial charge in [-0.15, -0.1) is 0 Å². The van der Waals surface area contributed by atoms with E-state index in [4.69, 9.17) is 0 Å². The zero-order valence-corrected chi connectivity index (χ0v) is 10.6. The molecule has 1 saturated carbocycles. The highest BCUT2D eigenvalue weighted by Gasteiger charge is 2.32. The lowest BCUT2D eigenvalue weighted by Crippen LogP contribution is -2.49. The molecule has 0 amide bonds. The lowest BCUT2D eigenvalue weighted by Gasteiger charge is -2.30. The third-order valence-corrected chi connectivity index (χ3v) is 6.06. The van der Waals surface area contributed by atoms with Gasteiger partial charge in [0.05, 0.1) is 5.25 Å². The maximum absolute atomic E-state index is 12.4. The molecule has 0 bridgehead atoms. The summed E-state index contributed by atoms with van der Waals surface area (Å²) in [7, 11) is -3.02. The van der Waals surface area contributed by atoms with Crippen molar-refractivity contribution in [2.75, 3.05) is 26.2 Å². The highest BCUT2D eigenvalue weighted by Crippen LogP contribution is 2.25. The van der Waals surface area contributed by atoms with Crippen LogP contribution in [0.3, 0.4) is 0 Å². The van der Waals surface area contributed by atoms with Crippen LogP contribution >= 0.6 is 0 Å². The van der Waals surface area contributed by atoms with Crippen LogP contribution in [0, 0.1) is 0 Å². The van der Waals surface area contributed by atoms with Crippen LogP contribution in [0.5, 0.6) is 0 Å². The van der Waals surface area contributed by atoms with Gasteiger partial charge in [0.15, 0.2) is 0 Å². The van der Waals surface area contributed by atoms with E-state index in [0.29, 0.717) is 13.1 Å². The van der Waals surface area contributed by atoms with E-state index >= 15 is 0 Å². The van der Waals surface area contributed by atoms with E-state index in [-0.39, 0.29) is 5.25 Å². The summed E-state index contributed by atoms with van der Waals surface area (Å²) in [6, 6.07) is 0. The molecule has 1 heterocycles. The van der Waals surface area contributed by atoms with Gasteiger partial charge in [-0.05, 0) is 12.8 Å². The van der Waals surface area contributed by atoms with Gasteiger partial charge in [0.2, 0.25) is 10.0 Å². The van der Waals surface area contributed by atoms with Gasteiger partial charge in [0.1, 0.15) is 0 Å². The van der Waals surface area contributed by atoms with Gasteiger partial charge >= 0.3 is 0 Å². The number of nitrogens with zero attached hydrogens (tertiary/aromatic N) is 1. The highest BCUT2D eigenvalue weighted by molar-refractivity contribution is 7.89. The summed E-state index contributed by atoms with van der Waals surface area (Å²) in [5.74, 6) is 0. The van der Waals surface area contributed by atoms with Gasteiger partial charge in [-0.25, -0.2) is 8.42 Å². The van der Waals surface area contributed by atoms with Crippen molar-refractivity contribution in [3.05, 3.63) is 0 Å². The van der Waals surface area contributed by atoms with Crippen molar-refractivity contribution in [2.24, 2.45) is 0 Å². The molecule has 0 atom stereocenters. The van der Waals surface area contributed by atoms with Crippen LogP contribution in [0.2, 0.25) is 0 Å². The molecule has 0 spiro atoms. The van der Waals surface area contributed by atoms with Crippen molar-refractivity contribution in [2.45, 2.75) is 43.8 Å². The van der Waals surface area contributed by atoms with Crippen molar-refractivity contribution < 1.29 is 8.42 Å². The quantitative estimate of drug-likeness (QED) is 0.738. The molecule has 2 aliphatic rings. The fourth-order valence-corrected chi connectivity index (χ4v) is 4.69. The first-order chi connectivity index (χ1) is 7.71. The number of rotatable bonds is 2. The SMILES string of the molecule is O=S(=O)(C1CCCCCC1)N1CCNCC1. The fraction of sp³-hybridized carbons (Fsp3) is 1.00. The number of hydrogen-bond acceptors (Lipinski definition) is 3. The molecule has 0 aromatic carbocycles. The van der Waals surface area contributed by atoms with Crippen LogP contribution in [0.15, 0.2) is 0 Å². The van der Waals surface area contributed by atoms with Gasteiger partial charge in [-0.3, -0.25) is 0 Å². The van der Waals surface area contributed by atoms with Crippen LogP contribution in [0.25, 0.3) is 0 Å². The summed E-state index contributed by atoms with van der Waals surface area (Å²) in [4.78, 5) is 0. The molecule has 16 heavy (non-hydrogen) atoms. The molecule has 1 N–H and O–H groups in total. The molecule has 1 aliphatic heterocycles. The Balaban J connectivity index is 2.03. The van der Waals surface area contributed by atoms with Crippen LogP contribution in [0.1, 0.15) is 38.5 Å². The van der Waals surface area contributed by atoms with Gasteiger partial charge in [-0.1, -0.05) is 25.7 Å². The third kappa shape index (κ3) is 2.76. The standard InChI is InChI=1S/C11H22N2O2S/c14-16(15,13-9-7-12-8-10-13)11-5-3-1-2-4-6-11/h11-12H,1-10H2. The lowest BCUT2D eigenvalue weighted by atomic mass is 10.2. The van der Waals surface area contributed by atoms with Gasteiger partial charge in [-0.2, -0.15) is 4.31 Å². The smallest absolute Gasteiger partial charge is 0.217 e. The molecule has 0 radical (unpaired) electrons. The first-order valence-corrected chi connectivity index (χ1v) is 7.91. The van der Waals surface area contributed by atoms with E-state index < -0.39 is 10.0 Å². The van der Waals surface area contributed by atoms with Crippen LogP contribution < -0.4 is 5.32 Å². The Bertz CT molecular complexity index is 302. The Hall–Kier alpha value is -0.130. The number of hydrogen-bond donors (Lipinski definition) is 1. The minimum absolute atomic E-state index is 0.104. The predicted octanol–water partition coefficient (Wildman–Crippen LogP) is 0.944. The Kier molecular flexibility index (Phi) is 4.21. The highest BCUT2D eigenvalue weighted by atomic mass is 32.2. The predicted molar refractivity (Wildman–Crippen MR) is 64.9 cm³/mol. The minimum atomic E-state index is -3.02. The Morgan fingerprint density at radius 1 is 0.938 bits per heavy atom. The second-order valence-corrected chi connectivity index (χ2v) is 7.02. The molecule has 5 heteroatoms. The third-order valence-electron chi connectivity index (χ3n) is 3.66. The van der Waals surface area contributed by atoms with Gasteiger partial charge in [0, 0.05) is 26.2 Å². The monoisotopic (exact) mass is 246 g/mol. The summed E-state index contributed by atoms with van der Waals surface area (Å²) >= 11 is 0. The van der Waals surface area contributed by atoms with Crippen LogP contribution in [-0.2, 0) is 10.0 Å². The second kappa shape index (κ2) is 5.47. The van der Waals surface area contributed by atoms with E-state index in [1.54, 1.807) is 4.31 Å². The van der Waals surface area contributed by atoms with E-state index in [9.17, 15) is 8.42 Å². The molecule has 94 valence electrons. The van der Waals surface area contributed by atoms with E-state index in [0.717, 1.165) is 38.8 Å². The molecule has 0 aromatic rings. The zero-order chi connectivity index (χ0) is 11.4. The molecule has 2 fully saturated rings. The molecule has 2 rings (SSSR count). The maximum Gasteiger partial charge on any atom is 0.217 e. The number of sulfonamides is 1. The molecule has 1 aliphatic carbocycles. The second-order valence-electron chi connectivity index (χ2n) is 4.81. The molecule has 4 nitrogen and oxygen atoms in total. The Labute approximate surface area is 98.4 Å². The van der Waals surface area contributed by atoms with Gasteiger partial charge in [0.25, 0.3) is 0 Å². The summed E-state index contributed by atoms with van der Waals surface area (Å²) < 4.78 is 26.5. The first kappa shape index (κ1) is 12.3. The molecule has 0 aromatic heterocycles. The van der Waals surface area contributed by atoms with Crippen molar-refractivity contribution in [1.29, 1.82) is 0 Å². The van der Waals surface area contributed by atoms with Crippen molar-refractivity contribution in [3.63, 3.8) is 0 Å². The molecular formula is C11H22N2O2S. The average molecular weight is 246 g/mol. The van der Waals surface area contributed by atoms with E-state index in [1.165, 1.54) is 12.8 Å². The maximum atomic E-state index is 12.4. The Morgan fingerprint density at radius 3 is 2.06 bits per heavy atom. The molecule has 0 unspecified atom stereocenters. The van der Waals surface area contributed by atoms with Crippen LogP contribution in [0.4, 0.5) is 0 Å². The topological polar surface area (TPSA) is 49.4 Å². The number of piperazine rings is 1. The summed E-state index contributed by atoms with van der Waals surface area (Å²) in [6.07, 6.45) is 6.30. The Morgan fingerprint density at radius 2 is 1.50 bits per heavy atom. The fourth-order valence-electron chi connectivity index (χ4n) is 2.65. The first-order valence-electron chi connectivity index (χ1n) is 6.41. The van der Waals surface area contributed by atoms with E-state index in [1.807, 2.05) is 0 Å². The summed E-state index contributed by atoms with van der Waals surface area (Å²) in [5, 5.41) is 3.09.